The smallest absolute Gasteiger partial charge is 0.211 e. The lowest BCUT2D eigenvalue weighted by molar-refractivity contribution is 0.0963. The van der Waals surface area contributed by atoms with Crippen molar-refractivity contribution in [3.63, 3.8) is 0 Å². The van der Waals surface area contributed by atoms with Gasteiger partial charge in [-0.15, -0.1) is 0 Å². The third-order valence-electron chi connectivity index (χ3n) is 5.93. The van der Waals surface area contributed by atoms with E-state index in [2.05, 4.69) is 0 Å². The van der Waals surface area contributed by atoms with Crippen molar-refractivity contribution in [1.82, 2.24) is 14.8 Å². The van der Waals surface area contributed by atoms with Gasteiger partial charge in [-0.1, -0.05) is 23.5 Å². The van der Waals surface area contributed by atoms with Gasteiger partial charge < -0.3 is 14.2 Å². The first-order valence-electron chi connectivity index (χ1n) is 10.3. The number of fused-ring (bicyclic) bond motifs is 2. The third kappa shape index (κ3) is 3.22. The van der Waals surface area contributed by atoms with Crippen LogP contribution in [0.4, 0.5) is 0 Å². The Morgan fingerprint density at radius 3 is 2.41 bits per heavy atom. The van der Waals surface area contributed by atoms with Gasteiger partial charge in [-0.05, 0) is 49.1 Å². The number of hydrogen-bond donors (Lipinski definition) is 0. The molecule has 2 heterocycles. The van der Waals surface area contributed by atoms with Gasteiger partial charge in [-0.25, -0.2) is 9.67 Å². The molecule has 1 atom stereocenters. The summed E-state index contributed by atoms with van der Waals surface area (Å²) in [6, 6.07) is 11.9. The Labute approximate surface area is 189 Å². The molecule has 1 aliphatic rings. The summed E-state index contributed by atoms with van der Waals surface area (Å²) in [4.78, 5) is 17.9. The summed E-state index contributed by atoms with van der Waals surface area (Å²) in [6.07, 6.45) is 1.06. The molecule has 32 heavy (non-hydrogen) atoms. The Morgan fingerprint density at radius 1 is 1.03 bits per heavy atom. The second kappa shape index (κ2) is 7.94. The minimum atomic E-state index is -0.0343. The number of thiazole rings is 1. The molecule has 164 valence electrons. The average Bonchev–Trinajstić information content (AvgIpc) is 3.39. The van der Waals surface area contributed by atoms with Crippen LogP contribution >= 0.6 is 11.3 Å². The number of carbonyl (C=O) groups is 1. The van der Waals surface area contributed by atoms with Crippen LogP contribution in [0.3, 0.4) is 0 Å². The maximum Gasteiger partial charge on any atom is 0.211 e. The molecule has 0 amide bonds. The maximum absolute atomic E-state index is 13.2. The fourth-order valence-electron chi connectivity index (χ4n) is 4.44. The fraction of sp³-hybridized carbons (Fsp3) is 0.292. The van der Waals surface area contributed by atoms with Crippen LogP contribution < -0.4 is 14.2 Å². The molecule has 0 N–H and O–H groups in total. The molecule has 2 aromatic carbocycles. The summed E-state index contributed by atoms with van der Waals surface area (Å²) in [5.74, 6) is 1.76. The number of rotatable bonds is 5. The van der Waals surface area contributed by atoms with E-state index in [-0.39, 0.29) is 11.7 Å². The zero-order valence-electron chi connectivity index (χ0n) is 18.3. The van der Waals surface area contributed by atoms with Crippen molar-refractivity contribution in [1.29, 1.82) is 0 Å². The first kappa shape index (κ1) is 20.5. The van der Waals surface area contributed by atoms with Crippen LogP contribution in [0.2, 0.25) is 0 Å². The Balaban J connectivity index is 1.60. The quantitative estimate of drug-likeness (QED) is 0.439. The third-order valence-corrected chi connectivity index (χ3v) is 6.94. The van der Waals surface area contributed by atoms with Crippen molar-refractivity contribution < 1.29 is 19.0 Å². The lowest BCUT2D eigenvalue weighted by atomic mass is 9.81. The largest absolute Gasteiger partial charge is 0.493 e. The van der Waals surface area contributed by atoms with Crippen molar-refractivity contribution in [2.24, 2.45) is 0 Å². The van der Waals surface area contributed by atoms with Gasteiger partial charge >= 0.3 is 0 Å². The monoisotopic (exact) mass is 449 g/mol. The van der Waals surface area contributed by atoms with Crippen LogP contribution in [0.15, 0.2) is 36.4 Å². The van der Waals surface area contributed by atoms with Crippen LogP contribution in [-0.2, 0) is 6.42 Å². The summed E-state index contributed by atoms with van der Waals surface area (Å²) in [6.45, 7) is 1.89. The number of benzene rings is 2. The molecule has 0 fully saturated rings. The Hall–Kier alpha value is -3.39. The number of ketones is 1. The minimum absolute atomic E-state index is 0.0343. The Bertz CT molecular complexity index is 1280. The lowest BCUT2D eigenvalue weighted by Gasteiger charge is -2.24. The van der Waals surface area contributed by atoms with Crippen LogP contribution in [0.5, 0.6) is 17.2 Å². The highest BCUT2D eigenvalue weighted by atomic mass is 32.1. The van der Waals surface area contributed by atoms with Crippen LogP contribution in [0.25, 0.3) is 15.3 Å². The van der Waals surface area contributed by atoms with Crippen molar-refractivity contribution in [3.05, 3.63) is 58.9 Å². The van der Waals surface area contributed by atoms with Gasteiger partial charge in [0.2, 0.25) is 10.9 Å². The van der Waals surface area contributed by atoms with Gasteiger partial charge in [0.05, 0.1) is 48.5 Å². The van der Waals surface area contributed by atoms with Gasteiger partial charge in [0.1, 0.15) is 0 Å². The van der Waals surface area contributed by atoms with Crippen LogP contribution in [0, 0.1) is 6.92 Å². The number of methoxy groups -OCH3 is 3. The number of aryl methyl sites for hydroxylation is 1. The highest BCUT2D eigenvalue weighted by molar-refractivity contribution is 7.20. The van der Waals surface area contributed by atoms with Gasteiger partial charge in [-0.2, -0.15) is 5.10 Å². The summed E-state index contributed by atoms with van der Waals surface area (Å²) in [5, 5.41) is 5.48. The molecule has 0 aliphatic heterocycles. The Morgan fingerprint density at radius 2 is 1.75 bits per heavy atom. The van der Waals surface area contributed by atoms with E-state index in [0.29, 0.717) is 35.7 Å². The predicted octanol–water partition coefficient (Wildman–Crippen LogP) is 4.73. The molecule has 1 aliphatic carbocycles. The summed E-state index contributed by atoms with van der Waals surface area (Å²) >= 11 is 1.57. The first-order valence-corrected chi connectivity index (χ1v) is 11.1. The second-order valence-corrected chi connectivity index (χ2v) is 8.78. The SMILES string of the molecule is COc1cc([C@H]2CC(=O)c3c(C)nn(-c4nc5ccccc5s4)c3C2)cc(OC)c1OC. The molecule has 8 heteroatoms. The summed E-state index contributed by atoms with van der Waals surface area (Å²) in [7, 11) is 4.77. The van der Waals surface area contributed by atoms with E-state index in [1.165, 1.54) is 0 Å². The first-order chi connectivity index (χ1) is 15.5. The van der Waals surface area contributed by atoms with E-state index >= 15 is 0 Å². The highest BCUT2D eigenvalue weighted by Crippen LogP contribution is 2.43. The van der Waals surface area contributed by atoms with Gasteiger partial charge in [0.25, 0.3) is 0 Å². The zero-order valence-corrected chi connectivity index (χ0v) is 19.2. The molecule has 0 saturated heterocycles. The lowest BCUT2D eigenvalue weighted by Crippen LogP contribution is -2.20. The van der Waals surface area contributed by atoms with E-state index < -0.39 is 0 Å². The number of carbonyl (C=O) groups excluding carboxylic acids is 1. The zero-order chi connectivity index (χ0) is 22.4. The minimum Gasteiger partial charge on any atom is -0.493 e. The van der Waals surface area contributed by atoms with Gasteiger partial charge in [-0.3, -0.25) is 4.79 Å². The van der Waals surface area contributed by atoms with Crippen LogP contribution in [0.1, 0.15) is 39.6 Å². The molecule has 0 unspecified atom stereocenters. The molecule has 4 aromatic rings. The topological polar surface area (TPSA) is 75.5 Å². The summed E-state index contributed by atoms with van der Waals surface area (Å²) < 4.78 is 19.4. The summed E-state index contributed by atoms with van der Waals surface area (Å²) in [5.41, 5.74) is 4.25. The normalized spacial score (nSPS) is 15.6. The number of hydrogen-bond acceptors (Lipinski definition) is 7. The molecule has 0 radical (unpaired) electrons. The van der Waals surface area contributed by atoms with E-state index in [1.807, 2.05) is 48.0 Å². The molecule has 7 nitrogen and oxygen atoms in total. The molecule has 0 saturated carbocycles. The molecular weight excluding hydrogens is 426 g/mol. The van der Waals surface area contributed by atoms with E-state index in [4.69, 9.17) is 24.3 Å². The van der Waals surface area contributed by atoms with Crippen molar-refractivity contribution in [2.45, 2.75) is 25.7 Å². The molecular formula is C24H23N3O4S. The van der Waals surface area contributed by atoms with E-state index in [9.17, 15) is 4.79 Å². The number of Topliss-reactive ketones (excluding diaryl/α,β-unsaturated/α-hetero) is 1. The van der Waals surface area contributed by atoms with Crippen molar-refractivity contribution >= 4 is 27.3 Å². The van der Waals surface area contributed by atoms with E-state index in [1.54, 1.807) is 32.7 Å². The van der Waals surface area contributed by atoms with Crippen molar-refractivity contribution in [2.75, 3.05) is 21.3 Å². The Kier molecular flexibility index (Phi) is 5.09. The average molecular weight is 450 g/mol. The molecule has 5 rings (SSSR count). The predicted molar refractivity (Wildman–Crippen MR) is 123 cm³/mol. The maximum atomic E-state index is 13.2. The molecule has 0 bridgehead atoms. The highest BCUT2D eigenvalue weighted by Gasteiger charge is 2.33. The number of nitrogens with zero attached hydrogens (tertiary/aromatic N) is 3. The van der Waals surface area contributed by atoms with Gasteiger partial charge in [0.15, 0.2) is 17.3 Å². The molecule has 2 aromatic heterocycles. The number of ether oxygens (including phenoxy) is 3. The second-order valence-electron chi connectivity index (χ2n) is 7.77. The standard InChI is InChI=1S/C24H23N3O4S/c1-13-22-17(27(26-13)24-25-16-7-5-6-8-21(16)32-24)9-14(10-18(22)28)15-11-19(29-2)23(31-4)20(12-15)30-3/h5-8,11-12,14H,9-10H2,1-4H3/t14-/m1/s1. The van der Waals surface area contributed by atoms with Gasteiger partial charge in [0, 0.05) is 6.42 Å². The van der Waals surface area contributed by atoms with Crippen LogP contribution in [-0.4, -0.2) is 41.9 Å². The van der Waals surface area contributed by atoms with Crippen molar-refractivity contribution in [3.8, 4) is 22.4 Å². The fourth-order valence-corrected chi connectivity index (χ4v) is 5.38. The van der Waals surface area contributed by atoms with E-state index in [0.717, 1.165) is 32.3 Å². The number of para-hydroxylation sites is 1. The molecule has 0 spiro atoms. The number of aromatic nitrogens is 3.